The largest absolute Gasteiger partial charge is 0.493 e. The second-order valence-corrected chi connectivity index (χ2v) is 3.62. The highest BCUT2D eigenvalue weighted by atomic mass is 19.1. The van der Waals surface area contributed by atoms with Crippen molar-refractivity contribution in [3.8, 4) is 5.75 Å². The molecule has 0 bridgehead atoms. The summed E-state index contributed by atoms with van der Waals surface area (Å²) in [4.78, 5) is 10.4. The van der Waals surface area contributed by atoms with Crippen molar-refractivity contribution in [1.82, 2.24) is 0 Å². The topological polar surface area (TPSA) is 46.5 Å². The van der Waals surface area contributed by atoms with Gasteiger partial charge in [-0.05, 0) is 6.42 Å². The minimum absolute atomic E-state index is 0.139. The van der Waals surface area contributed by atoms with Crippen LogP contribution in [0, 0.1) is 11.6 Å². The van der Waals surface area contributed by atoms with E-state index in [1.165, 1.54) is 0 Å². The highest BCUT2D eigenvalue weighted by molar-refractivity contribution is 5.67. The average molecular weight is 228 g/mol. The Bertz CT molecular complexity index is 443. The quantitative estimate of drug-likeness (QED) is 0.859. The van der Waals surface area contributed by atoms with Crippen molar-refractivity contribution in [3.63, 3.8) is 0 Å². The molecule has 0 fully saturated rings. The van der Waals surface area contributed by atoms with Crippen molar-refractivity contribution >= 4 is 5.97 Å². The van der Waals surface area contributed by atoms with Gasteiger partial charge in [0.25, 0.3) is 0 Å². The van der Waals surface area contributed by atoms with E-state index in [4.69, 9.17) is 9.84 Å². The van der Waals surface area contributed by atoms with E-state index in [2.05, 4.69) is 0 Å². The molecule has 86 valence electrons. The number of benzene rings is 1. The summed E-state index contributed by atoms with van der Waals surface area (Å²) in [5.41, 5.74) is 0.188. The molecule has 1 N–H and O–H groups in total. The molecule has 1 aliphatic rings. The Morgan fingerprint density at radius 1 is 1.50 bits per heavy atom. The van der Waals surface area contributed by atoms with Crippen LogP contribution in [0.5, 0.6) is 5.75 Å². The van der Waals surface area contributed by atoms with Gasteiger partial charge in [0, 0.05) is 30.0 Å². The molecule has 1 heterocycles. The van der Waals surface area contributed by atoms with Crippen LogP contribution in [0.25, 0.3) is 0 Å². The Kier molecular flexibility index (Phi) is 2.77. The zero-order valence-corrected chi connectivity index (χ0v) is 8.43. The molecular formula is C11H10F2O3. The predicted molar refractivity (Wildman–Crippen MR) is 51.5 cm³/mol. The van der Waals surface area contributed by atoms with Gasteiger partial charge in [0.1, 0.15) is 17.4 Å². The summed E-state index contributed by atoms with van der Waals surface area (Å²) < 4.78 is 32.3. The number of halogens is 2. The number of carboxylic acid groups (broad SMARTS) is 1. The molecule has 0 atom stereocenters. The van der Waals surface area contributed by atoms with Gasteiger partial charge in [-0.1, -0.05) is 0 Å². The van der Waals surface area contributed by atoms with E-state index in [9.17, 15) is 13.6 Å². The number of carbonyl (C=O) groups is 1. The van der Waals surface area contributed by atoms with Gasteiger partial charge >= 0.3 is 5.97 Å². The Morgan fingerprint density at radius 3 is 2.94 bits per heavy atom. The smallest absolute Gasteiger partial charge is 0.303 e. The maximum absolute atomic E-state index is 13.8. The Hall–Kier alpha value is -1.65. The van der Waals surface area contributed by atoms with E-state index in [1.54, 1.807) is 0 Å². The number of ether oxygens (including phenoxy) is 1. The van der Waals surface area contributed by atoms with Crippen LogP contribution in [0.1, 0.15) is 17.5 Å². The molecule has 0 radical (unpaired) electrons. The number of hydrogen-bond donors (Lipinski definition) is 1. The lowest BCUT2D eigenvalue weighted by Crippen LogP contribution is -2.04. The first-order valence-corrected chi connectivity index (χ1v) is 4.94. The van der Waals surface area contributed by atoms with Crippen LogP contribution in [-0.2, 0) is 17.6 Å². The van der Waals surface area contributed by atoms with Gasteiger partial charge in [0.15, 0.2) is 0 Å². The summed E-state index contributed by atoms with van der Waals surface area (Å²) in [6.45, 7) is 0.341. The van der Waals surface area contributed by atoms with Gasteiger partial charge in [-0.25, -0.2) is 8.78 Å². The summed E-state index contributed by atoms with van der Waals surface area (Å²) in [7, 11) is 0. The van der Waals surface area contributed by atoms with Crippen molar-refractivity contribution in [3.05, 3.63) is 28.8 Å². The van der Waals surface area contributed by atoms with Gasteiger partial charge in [-0.2, -0.15) is 0 Å². The zero-order valence-electron chi connectivity index (χ0n) is 8.43. The van der Waals surface area contributed by atoms with E-state index in [-0.39, 0.29) is 24.2 Å². The number of hydrogen-bond acceptors (Lipinski definition) is 2. The molecule has 1 aromatic carbocycles. The summed E-state index contributed by atoms with van der Waals surface area (Å²) in [5, 5.41) is 8.48. The van der Waals surface area contributed by atoms with E-state index in [0.29, 0.717) is 18.6 Å². The minimum Gasteiger partial charge on any atom is -0.493 e. The SMILES string of the molecule is O=C(O)CCc1c(F)cc2c(c1F)CCO2. The lowest BCUT2D eigenvalue weighted by Gasteiger charge is -2.07. The van der Waals surface area contributed by atoms with Crippen LogP contribution in [-0.4, -0.2) is 17.7 Å². The molecule has 0 spiro atoms. The Morgan fingerprint density at radius 2 is 2.25 bits per heavy atom. The van der Waals surface area contributed by atoms with Gasteiger partial charge in [0.2, 0.25) is 0 Å². The van der Waals surface area contributed by atoms with Gasteiger partial charge < -0.3 is 9.84 Å². The molecule has 0 saturated carbocycles. The second-order valence-electron chi connectivity index (χ2n) is 3.62. The maximum Gasteiger partial charge on any atom is 0.303 e. The van der Waals surface area contributed by atoms with Gasteiger partial charge in [-0.3, -0.25) is 4.79 Å². The van der Waals surface area contributed by atoms with Crippen molar-refractivity contribution in [2.75, 3.05) is 6.61 Å². The molecule has 1 aromatic rings. The molecule has 0 aromatic heterocycles. The number of carboxylic acids is 1. The van der Waals surface area contributed by atoms with Gasteiger partial charge in [-0.15, -0.1) is 0 Å². The number of aliphatic carboxylic acids is 1. The fourth-order valence-corrected chi connectivity index (χ4v) is 1.77. The third-order valence-electron chi connectivity index (χ3n) is 2.57. The van der Waals surface area contributed by atoms with E-state index in [1.807, 2.05) is 0 Å². The summed E-state index contributed by atoms with van der Waals surface area (Å²) in [6.07, 6.45) is -0.0186. The van der Waals surface area contributed by atoms with Crippen LogP contribution in [0.15, 0.2) is 6.07 Å². The molecular weight excluding hydrogens is 218 g/mol. The van der Waals surface area contributed by atoms with E-state index in [0.717, 1.165) is 6.07 Å². The van der Waals surface area contributed by atoms with Crippen LogP contribution < -0.4 is 4.74 Å². The van der Waals surface area contributed by atoms with Crippen molar-refractivity contribution in [2.24, 2.45) is 0 Å². The molecule has 0 saturated heterocycles. The van der Waals surface area contributed by atoms with Crippen LogP contribution in [0.2, 0.25) is 0 Å². The second kappa shape index (κ2) is 4.08. The molecule has 5 heteroatoms. The molecule has 2 rings (SSSR count). The van der Waals surface area contributed by atoms with Crippen LogP contribution in [0.4, 0.5) is 8.78 Å². The predicted octanol–water partition coefficient (Wildman–Crippen LogP) is 1.92. The first kappa shape index (κ1) is 10.9. The lowest BCUT2D eigenvalue weighted by molar-refractivity contribution is -0.136. The summed E-state index contributed by atoms with van der Waals surface area (Å²) >= 11 is 0. The standard InChI is InChI=1S/C11H10F2O3/c12-8-5-9-7(3-4-16-9)11(13)6(8)1-2-10(14)15/h5H,1-4H2,(H,14,15). The molecule has 0 unspecified atom stereocenters. The van der Waals surface area contributed by atoms with Crippen LogP contribution in [0.3, 0.4) is 0 Å². The molecule has 0 aliphatic carbocycles. The van der Waals surface area contributed by atoms with Crippen molar-refractivity contribution in [1.29, 1.82) is 0 Å². The molecule has 3 nitrogen and oxygen atoms in total. The number of rotatable bonds is 3. The van der Waals surface area contributed by atoms with E-state index >= 15 is 0 Å². The van der Waals surface area contributed by atoms with Crippen LogP contribution >= 0.6 is 0 Å². The van der Waals surface area contributed by atoms with E-state index < -0.39 is 17.6 Å². The lowest BCUT2D eigenvalue weighted by atomic mass is 10.0. The summed E-state index contributed by atoms with van der Waals surface area (Å²) in [6, 6.07) is 1.13. The first-order valence-electron chi connectivity index (χ1n) is 4.94. The molecule has 16 heavy (non-hydrogen) atoms. The monoisotopic (exact) mass is 228 g/mol. The molecule has 0 amide bonds. The maximum atomic E-state index is 13.8. The van der Waals surface area contributed by atoms with Crippen molar-refractivity contribution < 1.29 is 23.4 Å². The minimum atomic E-state index is -1.07. The third-order valence-corrected chi connectivity index (χ3v) is 2.57. The summed E-state index contributed by atoms with van der Waals surface area (Å²) in [5.74, 6) is -2.24. The zero-order chi connectivity index (χ0) is 11.7. The Balaban J connectivity index is 2.34. The third kappa shape index (κ3) is 1.85. The molecule has 1 aliphatic heterocycles. The fraction of sp³-hybridized carbons (Fsp3) is 0.364. The first-order chi connectivity index (χ1) is 7.59. The average Bonchev–Trinajstić information content (AvgIpc) is 2.64. The normalized spacial score (nSPS) is 13.4. The number of fused-ring (bicyclic) bond motifs is 1. The fourth-order valence-electron chi connectivity index (χ4n) is 1.77. The highest BCUT2D eigenvalue weighted by Crippen LogP contribution is 2.32. The van der Waals surface area contributed by atoms with Gasteiger partial charge in [0.05, 0.1) is 6.61 Å². The highest BCUT2D eigenvalue weighted by Gasteiger charge is 2.23. The Labute approximate surface area is 90.7 Å². The van der Waals surface area contributed by atoms with Crippen molar-refractivity contribution in [2.45, 2.75) is 19.3 Å².